The monoisotopic (exact) mass is 350 g/mol. The van der Waals surface area contributed by atoms with E-state index in [0.717, 1.165) is 12.2 Å². The minimum absolute atomic E-state index is 0.00511. The van der Waals surface area contributed by atoms with Crippen LogP contribution in [-0.2, 0) is 14.4 Å². The fourth-order valence-corrected chi connectivity index (χ4v) is 3.82. The van der Waals surface area contributed by atoms with Gasteiger partial charge < -0.3 is 15.7 Å². The van der Waals surface area contributed by atoms with E-state index in [9.17, 15) is 14.4 Å². The lowest BCUT2D eigenvalue weighted by molar-refractivity contribution is -0.136. The Morgan fingerprint density at radius 1 is 1.23 bits per heavy atom. The largest absolute Gasteiger partial charge is 0.481 e. The van der Waals surface area contributed by atoms with E-state index in [1.165, 1.54) is 10.8 Å². The number of carbonyl (C=O) groups excluding carboxylic acids is 2. The van der Waals surface area contributed by atoms with Crippen LogP contribution in [-0.4, -0.2) is 48.0 Å². The number of hydrogen-bond acceptors (Lipinski definition) is 5. The Morgan fingerprint density at radius 3 is 2.50 bits per heavy atom. The molecule has 6 nitrogen and oxygen atoms in total. The number of carboxylic acids is 1. The van der Waals surface area contributed by atoms with Gasteiger partial charge in [-0.3, -0.25) is 14.4 Å². The van der Waals surface area contributed by atoms with Crippen molar-refractivity contribution in [2.75, 3.05) is 24.6 Å². The summed E-state index contributed by atoms with van der Waals surface area (Å²) in [5, 5.41) is 14.0. The predicted molar refractivity (Wildman–Crippen MR) is 91.8 cm³/mol. The number of carboxylic acid groups (broad SMARTS) is 1. The number of hydrogen-bond donors (Lipinski definition) is 3. The van der Waals surface area contributed by atoms with E-state index >= 15 is 0 Å². The van der Waals surface area contributed by atoms with Crippen LogP contribution < -0.4 is 10.6 Å². The van der Waals surface area contributed by atoms with Crippen molar-refractivity contribution in [2.45, 2.75) is 33.1 Å². The summed E-state index contributed by atoms with van der Waals surface area (Å²) in [5.74, 6) is 1.16. The average Bonchev–Trinajstić information content (AvgIpc) is 2.42. The van der Waals surface area contributed by atoms with Crippen molar-refractivity contribution in [3.63, 3.8) is 0 Å². The summed E-state index contributed by atoms with van der Waals surface area (Å²) in [6.07, 6.45) is 2.13. The van der Waals surface area contributed by atoms with Gasteiger partial charge in [-0.2, -0.15) is 0 Å². The molecule has 0 fully saturated rings. The van der Waals surface area contributed by atoms with Crippen molar-refractivity contribution in [3.05, 3.63) is 0 Å². The molecule has 8 heteroatoms. The van der Waals surface area contributed by atoms with Crippen molar-refractivity contribution in [1.82, 2.24) is 10.6 Å². The lowest BCUT2D eigenvalue weighted by Gasteiger charge is -2.18. The molecule has 0 aromatic rings. The Labute approximate surface area is 140 Å². The summed E-state index contributed by atoms with van der Waals surface area (Å²) in [6.45, 7) is 5.28. The van der Waals surface area contributed by atoms with Gasteiger partial charge in [0.15, 0.2) is 0 Å². The Balaban J connectivity index is 3.75. The maximum absolute atomic E-state index is 11.9. The molecular formula is C14H26N2O4S2. The summed E-state index contributed by atoms with van der Waals surface area (Å²) in [6, 6.07) is 0. The van der Waals surface area contributed by atoms with Crippen LogP contribution in [0.3, 0.4) is 0 Å². The van der Waals surface area contributed by atoms with Gasteiger partial charge in [-0.25, -0.2) is 0 Å². The van der Waals surface area contributed by atoms with Gasteiger partial charge in [0.25, 0.3) is 0 Å². The van der Waals surface area contributed by atoms with Gasteiger partial charge in [-0.15, -0.1) is 0 Å². The fraction of sp³-hybridized carbons (Fsp3) is 0.786. The second-order valence-electron chi connectivity index (χ2n) is 5.36. The molecule has 0 aliphatic rings. The van der Waals surface area contributed by atoms with E-state index in [1.807, 2.05) is 0 Å². The van der Waals surface area contributed by atoms with Gasteiger partial charge in [0.05, 0.1) is 6.42 Å². The van der Waals surface area contributed by atoms with Crippen LogP contribution in [0.4, 0.5) is 0 Å². The predicted octanol–water partition coefficient (Wildman–Crippen LogP) is 1.76. The summed E-state index contributed by atoms with van der Waals surface area (Å²) in [7, 11) is 3.06. The Morgan fingerprint density at radius 2 is 1.91 bits per heavy atom. The van der Waals surface area contributed by atoms with E-state index in [2.05, 4.69) is 24.5 Å². The molecule has 0 aromatic heterocycles. The molecule has 0 aliphatic carbocycles. The van der Waals surface area contributed by atoms with Crippen molar-refractivity contribution < 1.29 is 19.5 Å². The van der Waals surface area contributed by atoms with Gasteiger partial charge in [0.2, 0.25) is 12.3 Å². The van der Waals surface area contributed by atoms with Crippen LogP contribution in [0, 0.1) is 11.8 Å². The first-order chi connectivity index (χ1) is 10.5. The maximum Gasteiger partial charge on any atom is 0.304 e. The van der Waals surface area contributed by atoms with Crippen molar-refractivity contribution in [2.24, 2.45) is 11.8 Å². The molecule has 128 valence electrons. The summed E-state index contributed by atoms with van der Waals surface area (Å²) < 4.78 is 0. The smallest absolute Gasteiger partial charge is 0.304 e. The van der Waals surface area contributed by atoms with E-state index in [4.69, 9.17) is 5.11 Å². The number of carbonyl (C=O) groups is 3. The van der Waals surface area contributed by atoms with E-state index in [1.54, 1.807) is 10.8 Å². The second kappa shape index (κ2) is 13.8. The first-order valence-electron chi connectivity index (χ1n) is 7.35. The lowest BCUT2D eigenvalue weighted by atomic mass is 9.94. The third-order valence-electron chi connectivity index (χ3n) is 2.76. The highest BCUT2D eigenvalue weighted by molar-refractivity contribution is 8.76. The Kier molecular flexibility index (Phi) is 13.2. The third-order valence-corrected chi connectivity index (χ3v) is 5.17. The molecule has 0 spiro atoms. The summed E-state index contributed by atoms with van der Waals surface area (Å²) >= 11 is 0. The molecule has 3 N–H and O–H groups in total. The van der Waals surface area contributed by atoms with Crippen LogP contribution >= 0.6 is 21.6 Å². The first-order valence-corrected chi connectivity index (χ1v) is 9.84. The Bertz CT molecular complexity index is 341. The minimum atomic E-state index is -0.790. The molecule has 0 bridgehead atoms. The van der Waals surface area contributed by atoms with E-state index in [-0.39, 0.29) is 18.2 Å². The average molecular weight is 351 g/mol. The number of amides is 2. The highest BCUT2D eigenvalue weighted by Crippen LogP contribution is 2.21. The molecule has 0 saturated carbocycles. The van der Waals surface area contributed by atoms with Crippen molar-refractivity contribution in [3.8, 4) is 0 Å². The number of rotatable bonds is 14. The van der Waals surface area contributed by atoms with Gasteiger partial charge in [-0.1, -0.05) is 35.4 Å². The zero-order valence-electron chi connectivity index (χ0n) is 13.2. The van der Waals surface area contributed by atoms with Crippen molar-refractivity contribution in [1.29, 1.82) is 0 Å². The van der Waals surface area contributed by atoms with E-state index < -0.39 is 5.97 Å². The molecule has 0 aliphatic heterocycles. The van der Waals surface area contributed by atoms with Crippen LogP contribution in [0.15, 0.2) is 0 Å². The maximum atomic E-state index is 11.9. The fourth-order valence-electron chi connectivity index (χ4n) is 1.93. The standard InChI is InChI=1S/C14H26N2O4S2/c1-11(2)7-12(9-15-10-17)8-13(18)16-4-6-22-21-5-3-14(19)20/h10-12H,3-9H2,1-2H3,(H,15,17)(H,16,18)(H,19,20)/t12-/m0/s1. The molecule has 0 rings (SSSR count). The van der Waals surface area contributed by atoms with E-state index in [0.29, 0.717) is 37.6 Å². The molecule has 2 amide bonds. The molecule has 0 aromatic carbocycles. The van der Waals surface area contributed by atoms with Crippen LogP contribution in [0.25, 0.3) is 0 Å². The molecule has 0 unspecified atom stereocenters. The lowest BCUT2D eigenvalue weighted by Crippen LogP contribution is -2.31. The zero-order chi connectivity index (χ0) is 16.8. The molecule has 0 heterocycles. The SMILES string of the molecule is CC(C)C[C@H](CNC=O)CC(=O)NCCSSCCC(=O)O. The van der Waals surface area contributed by atoms with Crippen LogP contribution in [0.1, 0.15) is 33.1 Å². The summed E-state index contributed by atoms with van der Waals surface area (Å²) in [5.41, 5.74) is 0. The van der Waals surface area contributed by atoms with Crippen LogP contribution in [0.2, 0.25) is 0 Å². The molecule has 1 atom stereocenters. The minimum Gasteiger partial charge on any atom is -0.481 e. The highest BCUT2D eigenvalue weighted by Gasteiger charge is 2.15. The second-order valence-corrected chi connectivity index (χ2v) is 8.07. The van der Waals surface area contributed by atoms with Gasteiger partial charge in [0.1, 0.15) is 0 Å². The van der Waals surface area contributed by atoms with Gasteiger partial charge >= 0.3 is 5.97 Å². The topological polar surface area (TPSA) is 95.5 Å². The number of aliphatic carboxylic acids is 1. The molecular weight excluding hydrogens is 324 g/mol. The molecule has 22 heavy (non-hydrogen) atoms. The summed E-state index contributed by atoms with van der Waals surface area (Å²) in [4.78, 5) is 32.5. The Hall–Kier alpha value is -0.890. The van der Waals surface area contributed by atoms with Gasteiger partial charge in [-0.05, 0) is 18.3 Å². The quantitative estimate of drug-likeness (QED) is 0.251. The van der Waals surface area contributed by atoms with Gasteiger partial charge in [0, 0.05) is 31.0 Å². The zero-order valence-corrected chi connectivity index (χ0v) is 14.8. The van der Waals surface area contributed by atoms with Crippen molar-refractivity contribution >= 4 is 39.9 Å². The number of nitrogens with one attached hydrogen (secondary N) is 2. The van der Waals surface area contributed by atoms with Crippen LogP contribution in [0.5, 0.6) is 0 Å². The first kappa shape index (κ1) is 21.1. The normalized spacial score (nSPS) is 12.0. The molecule has 0 radical (unpaired) electrons. The highest BCUT2D eigenvalue weighted by atomic mass is 33.1. The third kappa shape index (κ3) is 14.1. The molecule has 0 saturated heterocycles.